The summed E-state index contributed by atoms with van der Waals surface area (Å²) in [5.74, 6) is 2.21. The van der Waals surface area contributed by atoms with Gasteiger partial charge in [0, 0.05) is 49.0 Å². The number of piperazine rings is 1. The number of rotatable bonds is 5. The number of nitrogens with zero attached hydrogens (tertiary/aromatic N) is 3. The Kier molecular flexibility index (Phi) is 6.67. The normalized spacial score (nSPS) is 14.4. The molecule has 2 heterocycles. The molecule has 0 spiro atoms. The van der Waals surface area contributed by atoms with E-state index in [0.29, 0.717) is 36.2 Å². The second-order valence-electron chi connectivity index (χ2n) is 7.91. The Morgan fingerprint density at radius 1 is 1.12 bits per heavy atom. The molecule has 7 nitrogen and oxygen atoms in total. The minimum absolute atomic E-state index is 0.107. The van der Waals surface area contributed by atoms with Crippen LogP contribution in [0.1, 0.15) is 17.0 Å². The molecule has 0 atom stereocenters. The molecule has 168 valence electrons. The zero-order valence-corrected chi connectivity index (χ0v) is 19.3. The van der Waals surface area contributed by atoms with Gasteiger partial charge in [-0.05, 0) is 55.8 Å². The third-order valence-corrected chi connectivity index (χ3v) is 6.09. The number of aromatic nitrogens is 1. The molecule has 0 radical (unpaired) electrons. The van der Waals surface area contributed by atoms with E-state index in [2.05, 4.69) is 10.2 Å². The molecule has 0 bridgehead atoms. The van der Waals surface area contributed by atoms with Crippen LogP contribution in [0, 0.1) is 13.8 Å². The average molecular weight is 455 g/mol. The number of carbonyl (C=O) groups is 1. The van der Waals surface area contributed by atoms with Crippen molar-refractivity contribution in [1.29, 1.82) is 0 Å². The molecule has 2 amide bonds. The van der Waals surface area contributed by atoms with Gasteiger partial charge < -0.3 is 19.4 Å². The van der Waals surface area contributed by atoms with Crippen molar-refractivity contribution in [2.75, 3.05) is 38.6 Å². The van der Waals surface area contributed by atoms with Crippen LogP contribution in [0.4, 0.5) is 10.5 Å². The number of benzene rings is 2. The van der Waals surface area contributed by atoms with Crippen LogP contribution in [0.25, 0.3) is 11.5 Å². The van der Waals surface area contributed by atoms with Gasteiger partial charge in [0.1, 0.15) is 11.5 Å². The Balaban J connectivity index is 1.32. The maximum atomic E-state index is 12.6. The summed E-state index contributed by atoms with van der Waals surface area (Å²) in [5.41, 5.74) is 3.52. The van der Waals surface area contributed by atoms with Crippen molar-refractivity contribution in [2.45, 2.75) is 20.4 Å². The number of amides is 2. The summed E-state index contributed by atoms with van der Waals surface area (Å²) >= 11 is 6.16. The number of halogens is 1. The van der Waals surface area contributed by atoms with Crippen molar-refractivity contribution >= 4 is 23.3 Å². The largest absolute Gasteiger partial charge is 0.497 e. The molecule has 1 saturated heterocycles. The van der Waals surface area contributed by atoms with Crippen LogP contribution in [-0.4, -0.2) is 54.1 Å². The molecule has 8 heteroatoms. The van der Waals surface area contributed by atoms with Gasteiger partial charge >= 0.3 is 6.03 Å². The molecule has 1 N–H and O–H groups in total. The number of anilines is 1. The quantitative estimate of drug-likeness (QED) is 0.589. The lowest BCUT2D eigenvalue weighted by Crippen LogP contribution is -2.49. The van der Waals surface area contributed by atoms with Crippen LogP contribution in [0.5, 0.6) is 5.75 Å². The summed E-state index contributed by atoms with van der Waals surface area (Å²) < 4.78 is 11.1. The first kappa shape index (κ1) is 22.2. The van der Waals surface area contributed by atoms with Crippen LogP contribution in [0.3, 0.4) is 0 Å². The monoisotopic (exact) mass is 454 g/mol. The number of hydrogen-bond donors (Lipinski definition) is 1. The molecule has 1 aromatic heterocycles. The Bertz CT molecular complexity index is 1090. The summed E-state index contributed by atoms with van der Waals surface area (Å²) in [4.78, 5) is 21.4. The fourth-order valence-electron chi connectivity index (χ4n) is 3.63. The number of aryl methyl sites for hydroxylation is 2. The van der Waals surface area contributed by atoms with Gasteiger partial charge in [-0.3, -0.25) is 4.90 Å². The van der Waals surface area contributed by atoms with E-state index in [9.17, 15) is 4.79 Å². The van der Waals surface area contributed by atoms with Gasteiger partial charge in [-0.1, -0.05) is 17.7 Å². The molecular formula is C24H27ClN4O3. The van der Waals surface area contributed by atoms with E-state index in [-0.39, 0.29) is 6.03 Å². The third-order valence-electron chi connectivity index (χ3n) is 5.69. The van der Waals surface area contributed by atoms with Crippen LogP contribution in [0.2, 0.25) is 5.02 Å². The van der Waals surface area contributed by atoms with Crippen molar-refractivity contribution in [3.63, 3.8) is 0 Å². The van der Waals surface area contributed by atoms with E-state index in [0.717, 1.165) is 41.4 Å². The van der Waals surface area contributed by atoms with Crippen molar-refractivity contribution in [3.8, 4) is 17.2 Å². The van der Waals surface area contributed by atoms with Crippen LogP contribution < -0.4 is 10.1 Å². The van der Waals surface area contributed by atoms with Crippen molar-refractivity contribution in [2.24, 2.45) is 0 Å². The minimum atomic E-state index is -0.107. The van der Waals surface area contributed by atoms with E-state index < -0.39 is 0 Å². The summed E-state index contributed by atoms with van der Waals surface area (Å²) in [7, 11) is 1.64. The predicted molar refractivity (Wildman–Crippen MR) is 125 cm³/mol. The Hall–Kier alpha value is -3.03. The smallest absolute Gasteiger partial charge is 0.321 e. The highest BCUT2D eigenvalue weighted by Gasteiger charge is 2.23. The van der Waals surface area contributed by atoms with Gasteiger partial charge in [0.2, 0.25) is 5.89 Å². The Morgan fingerprint density at radius 2 is 1.84 bits per heavy atom. The standard InChI is InChI=1S/C24H27ClN4O3/c1-16-4-7-19(14-21(16)25)26-24(30)29-12-10-28(11-13-29)15-22-17(2)32-23(27-22)18-5-8-20(31-3)9-6-18/h4-9,14H,10-13,15H2,1-3H3,(H,26,30). The number of methoxy groups -OCH3 is 1. The number of urea groups is 1. The van der Waals surface area contributed by atoms with Gasteiger partial charge in [-0.2, -0.15) is 0 Å². The van der Waals surface area contributed by atoms with E-state index >= 15 is 0 Å². The number of carbonyl (C=O) groups excluding carboxylic acids is 1. The average Bonchev–Trinajstić information content (AvgIpc) is 3.17. The highest BCUT2D eigenvalue weighted by atomic mass is 35.5. The second kappa shape index (κ2) is 9.63. The zero-order chi connectivity index (χ0) is 22.7. The summed E-state index contributed by atoms with van der Waals surface area (Å²) in [6.45, 7) is 7.39. The highest BCUT2D eigenvalue weighted by Crippen LogP contribution is 2.25. The molecule has 0 unspecified atom stereocenters. The topological polar surface area (TPSA) is 70.8 Å². The molecule has 32 heavy (non-hydrogen) atoms. The van der Waals surface area contributed by atoms with Gasteiger partial charge in [-0.15, -0.1) is 0 Å². The molecule has 0 aliphatic carbocycles. The fraction of sp³-hybridized carbons (Fsp3) is 0.333. The molecule has 1 fully saturated rings. The predicted octanol–water partition coefficient (Wildman–Crippen LogP) is 4.97. The lowest BCUT2D eigenvalue weighted by Gasteiger charge is -2.34. The molecule has 1 aliphatic rings. The number of oxazole rings is 1. The van der Waals surface area contributed by atoms with Gasteiger partial charge in [0.05, 0.1) is 12.8 Å². The maximum Gasteiger partial charge on any atom is 0.321 e. The lowest BCUT2D eigenvalue weighted by molar-refractivity contribution is 0.141. The second-order valence-corrected chi connectivity index (χ2v) is 8.31. The number of hydrogen-bond acceptors (Lipinski definition) is 5. The minimum Gasteiger partial charge on any atom is -0.497 e. The van der Waals surface area contributed by atoms with Crippen LogP contribution >= 0.6 is 11.6 Å². The summed E-state index contributed by atoms with van der Waals surface area (Å²) in [6, 6.07) is 13.1. The van der Waals surface area contributed by atoms with E-state index in [1.807, 2.05) is 55.1 Å². The number of nitrogens with one attached hydrogen (secondary N) is 1. The summed E-state index contributed by atoms with van der Waals surface area (Å²) in [6.07, 6.45) is 0. The fourth-order valence-corrected chi connectivity index (χ4v) is 3.81. The van der Waals surface area contributed by atoms with Gasteiger partial charge in [-0.25, -0.2) is 9.78 Å². The molecule has 0 saturated carbocycles. The molecule has 4 rings (SSSR count). The Labute approximate surface area is 192 Å². The van der Waals surface area contributed by atoms with E-state index in [4.69, 9.17) is 25.7 Å². The summed E-state index contributed by atoms with van der Waals surface area (Å²) in [5, 5.41) is 3.57. The van der Waals surface area contributed by atoms with Crippen LogP contribution in [0.15, 0.2) is 46.9 Å². The highest BCUT2D eigenvalue weighted by molar-refractivity contribution is 6.31. The molecule has 2 aromatic carbocycles. The first-order chi connectivity index (χ1) is 15.4. The zero-order valence-electron chi connectivity index (χ0n) is 18.5. The lowest BCUT2D eigenvalue weighted by atomic mass is 10.2. The van der Waals surface area contributed by atoms with Crippen molar-refractivity contribution in [3.05, 3.63) is 64.5 Å². The van der Waals surface area contributed by atoms with Crippen LogP contribution in [-0.2, 0) is 6.54 Å². The van der Waals surface area contributed by atoms with Crippen molar-refractivity contribution in [1.82, 2.24) is 14.8 Å². The molecule has 3 aromatic rings. The molecular weight excluding hydrogens is 428 g/mol. The van der Waals surface area contributed by atoms with E-state index in [1.165, 1.54) is 0 Å². The SMILES string of the molecule is COc1ccc(-c2nc(CN3CCN(C(=O)Nc4ccc(C)c(Cl)c4)CC3)c(C)o2)cc1. The first-order valence-corrected chi connectivity index (χ1v) is 11.0. The Morgan fingerprint density at radius 3 is 2.50 bits per heavy atom. The first-order valence-electron chi connectivity index (χ1n) is 10.6. The molecule has 1 aliphatic heterocycles. The van der Waals surface area contributed by atoms with E-state index in [1.54, 1.807) is 13.2 Å². The number of ether oxygens (including phenoxy) is 1. The third kappa shape index (κ3) is 5.06. The van der Waals surface area contributed by atoms with Crippen molar-refractivity contribution < 1.29 is 13.9 Å². The maximum absolute atomic E-state index is 12.6. The van der Waals surface area contributed by atoms with Gasteiger partial charge in [0.15, 0.2) is 0 Å². The van der Waals surface area contributed by atoms with Gasteiger partial charge in [0.25, 0.3) is 0 Å².